The van der Waals surface area contributed by atoms with Gasteiger partial charge >= 0.3 is 17.9 Å². The van der Waals surface area contributed by atoms with Crippen molar-refractivity contribution in [1.29, 1.82) is 0 Å². The van der Waals surface area contributed by atoms with Crippen LogP contribution in [0.3, 0.4) is 0 Å². The summed E-state index contributed by atoms with van der Waals surface area (Å²) in [6, 6.07) is 69.1. The molecule has 8 aromatic rings. The summed E-state index contributed by atoms with van der Waals surface area (Å²) < 4.78 is 0.887. The standard InChI is InChI=1S/C16H17NO2.C16H16O2.C16H14O2.C9H10.C7H5BrO2.2C2H4O2.4CH4.Pd.H2/c18-16(17-19)15-11-9-14(10-12-15)8-4-7-13-5-2-1-3-6-13;2*17-16(18)15-11-9-14(10-12-15)8-4-7-13-5-2-1-3-6-13;1-2-6-9-7-4-3-5-8-9;8-6-3-1-5(2-4-6)7(9)10;2*1-2(3)4;;;;;;/h1-3,5-6,9-12,19H,4,7-8H2,(H,17,18);1-3,5-6,9-12H,4,7-8H2,(H,17,18);1-6,8-12H,7H2,(H,17,18);2-5,7-8H,1,6H2;1-4H,(H,9,10);2*1H3,(H,3,4);4*1H4;;1H. The second-order valence-electron chi connectivity index (χ2n) is 17.7. The van der Waals surface area contributed by atoms with Crippen LogP contribution < -0.4 is 5.48 Å². The summed E-state index contributed by atoms with van der Waals surface area (Å²) in [6.45, 7) is 5.82. The molecule has 15 heteroatoms. The molecule has 0 saturated heterocycles. The van der Waals surface area contributed by atoms with Crippen LogP contribution in [0, 0.1) is 0 Å². The average Bonchev–Trinajstić information content (AvgIpc) is 3.70. The Labute approximate surface area is 539 Å². The molecule has 8 rings (SSSR count). The summed E-state index contributed by atoms with van der Waals surface area (Å²) in [5, 5.41) is 49.4. The number of hydroxylamine groups is 1. The normalized spacial score (nSPS) is 9.10. The van der Waals surface area contributed by atoms with Crippen LogP contribution in [0.25, 0.3) is 6.08 Å². The van der Waals surface area contributed by atoms with E-state index in [1.165, 1.54) is 33.4 Å². The number of halogens is 1. The van der Waals surface area contributed by atoms with Crippen LogP contribution in [0.2, 0.25) is 0 Å². The number of aryl methyl sites for hydroxylation is 4. The Bertz CT molecular complexity index is 3110. The zero-order valence-electron chi connectivity index (χ0n) is 46.2. The predicted molar refractivity (Wildman–Crippen MR) is 356 cm³/mol. The van der Waals surface area contributed by atoms with Gasteiger partial charge in [0.1, 0.15) is 0 Å². The van der Waals surface area contributed by atoms with Crippen LogP contribution >= 0.6 is 15.9 Å². The molecule has 0 saturated carbocycles. The van der Waals surface area contributed by atoms with E-state index in [1.807, 2.05) is 97.1 Å². The second-order valence-corrected chi connectivity index (χ2v) is 18.6. The summed E-state index contributed by atoms with van der Waals surface area (Å²) in [7, 11) is 0. The Kier molecular flexibility index (Phi) is 50.2. The van der Waals surface area contributed by atoms with Gasteiger partial charge in [-0.05, 0) is 151 Å². The molecule has 0 radical (unpaired) electrons. The van der Waals surface area contributed by atoms with E-state index in [2.05, 4.69) is 101 Å². The Hall–Kier alpha value is -8.84. The average molecular weight is 1350 g/mol. The molecule has 0 heterocycles. The molecule has 0 aliphatic rings. The summed E-state index contributed by atoms with van der Waals surface area (Å²) in [5.74, 6) is -4.80. The van der Waals surface area contributed by atoms with Crippen LogP contribution in [-0.2, 0) is 68.5 Å². The summed E-state index contributed by atoms with van der Waals surface area (Å²) >= 11 is 3.20. The number of carboxylic acid groups (broad SMARTS) is 5. The molecule has 0 fully saturated rings. The van der Waals surface area contributed by atoms with Crippen LogP contribution in [0.1, 0.15) is 138 Å². The number of nitrogens with one attached hydrogen (secondary N) is 1. The van der Waals surface area contributed by atoms with Crippen molar-refractivity contribution < 1.29 is 81.4 Å². The Morgan fingerprint density at radius 2 is 0.678 bits per heavy atom. The number of aromatic carboxylic acids is 3. The third kappa shape index (κ3) is 41.8. The van der Waals surface area contributed by atoms with Crippen LogP contribution in [0.5, 0.6) is 0 Å². The molecule has 7 N–H and O–H groups in total. The SMILES string of the molecule is C.C.C.C.C=CCc1ccccc1.CC(=O)O.CC(=O)O.O=C(NO)c1ccc(CCCc2ccccc2)cc1.O=C(O)c1ccc(Br)cc1.O=C(O)c1ccc(C=CCc2ccccc2)cc1.O=C(O)c1ccc(CCCc2ccccc2)cc1.[HH].[Pd]. The van der Waals surface area contributed by atoms with E-state index in [1.54, 1.807) is 66.1 Å². The molecule has 0 unspecified atom stereocenters. The number of rotatable bonds is 17. The van der Waals surface area contributed by atoms with Crippen molar-refractivity contribution in [3.63, 3.8) is 0 Å². The molecule has 0 aliphatic carbocycles. The fraction of sp³-hybridized carbons (Fsp3) is 0.194. The zero-order chi connectivity index (χ0) is 60.3. The van der Waals surface area contributed by atoms with E-state index < -0.39 is 35.8 Å². The molecule has 87 heavy (non-hydrogen) atoms. The molecule has 8 aromatic carbocycles. The molecule has 0 bridgehead atoms. The Morgan fingerprint density at radius 1 is 0.414 bits per heavy atom. The first-order valence-corrected chi connectivity index (χ1v) is 26.7. The van der Waals surface area contributed by atoms with E-state index >= 15 is 0 Å². The molecule has 0 spiro atoms. The van der Waals surface area contributed by atoms with E-state index in [4.69, 9.17) is 40.3 Å². The minimum atomic E-state index is -0.896. The van der Waals surface area contributed by atoms with Gasteiger partial charge in [0.05, 0.1) is 16.7 Å². The summed E-state index contributed by atoms with van der Waals surface area (Å²) in [6.07, 6.45) is 14.1. The van der Waals surface area contributed by atoms with Gasteiger partial charge in [0.15, 0.2) is 0 Å². The third-order valence-corrected chi connectivity index (χ3v) is 11.6. The topological polar surface area (TPSA) is 236 Å². The van der Waals surface area contributed by atoms with E-state index in [0.717, 1.165) is 75.3 Å². The van der Waals surface area contributed by atoms with Gasteiger partial charge in [-0.25, -0.2) is 19.9 Å². The first-order chi connectivity index (χ1) is 39.4. The molecular formula is C72H88BrNO12Pd. The van der Waals surface area contributed by atoms with Crippen molar-refractivity contribution in [2.24, 2.45) is 0 Å². The molecule has 1 amide bonds. The first-order valence-electron chi connectivity index (χ1n) is 25.9. The van der Waals surface area contributed by atoms with Gasteiger partial charge in [-0.15, -0.1) is 6.58 Å². The number of amides is 1. The van der Waals surface area contributed by atoms with Gasteiger partial charge in [-0.2, -0.15) is 0 Å². The van der Waals surface area contributed by atoms with Crippen molar-refractivity contribution >= 4 is 57.8 Å². The van der Waals surface area contributed by atoms with Gasteiger partial charge in [0.2, 0.25) is 0 Å². The minimum Gasteiger partial charge on any atom is -0.481 e. The molecule has 470 valence electrons. The second kappa shape index (κ2) is 51.6. The van der Waals surface area contributed by atoms with Crippen molar-refractivity contribution in [3.05, 3.63) is 303 Å². The number of allylic oxidation sites excluding steroid dienone is 2. The third-order valence-electron chi connectivity index (χ3n) is 11.0. The number of hydrogen-bond acceptors (Lipinski definition) is 7. The number of carboxylic acids is 5. The number of carbonyl (C=O) groups is 6. The number of benzene rings is 8. The number of carbonyl (C=O) groups excluding carboxylic acids is 1. The van der Waals surface area contributed by atoms with Gasteiger partial charge in [0, 0.05) is 45.7 Å². The Balaban J connectivity index is -0.000000317. The van der Waals surface area contributed by atoms with Gasteiger partial charge in [-0.1, -0.05) is 222 Å². The minimum absolute atomic E-state index is 0. The molecule has 0 aromatic heterocycles. The van der Waals surface area contributed by atoms with Gasteiger partial charge in [0.25, 0.3) is 17.8 Å². The maximum Gasteiger partial charge on any atom is 0.335 e. The first kappa shape index (κ1) is 84.6. The fourth-order valence-electron chi connectivity index (χ4n) is 7.04. The maximum absolute atomic E-state index is 11.2. The number of hydrogen-bond donors (Lipinski definition) is 7. The smallest absolute Gasteiger partial charge is 0.335 e. The Morgan fingerprint density at radius 3 is 0.977 bits per heavy atom. The largest absolute Gasteiger partial charge is 0.481 e. The zero-order valence-corrected chi connectivity index (χ0v) is 49.3. The van der Waals surface area contributed by atoms with Crippen molar-refractivity contribution in [2.45, 2.75) is 94.9 Å². The molecule has 0 aliphatic heterocycles. The summed E-state index contributed by atoms with van der Waals surface area (Å²) in [5.41, 5.74) is 11.7. The van der Waals surface area contributed by atoms with Crippen molar-refractivity contribution in [2.75, 3.05) is 0 Å². The van der Waals surface area contributed by atoms with Gasteiger partial charge < -0.3 is 25.5 Å². The van der Waals surface area contributed by atoms with Crippen molar-refractivity contribution in [1.82, 2.24) is 5.48 Å². The van der Waals surface area contributed by atoms with Crippen LogP contribution in [-0.4, -0.2) is 66.5 Å². The molecular weight excluding hydrogens is 1260 g/mol. The maximum atomic E-state index is 11.2. The van der Waals surface area contributed by atoms with Crippen LogP contribution in [0.15, 0.2) is 242 Å². The molecule has 0 atom stereocenters. The van der Waals surface area contributed by atoms with Crippen LogP contribution in [0.4, 0.5) is 0 Å². The monoisotopic (exact) mass is 1340 g/mol. The fourth-order valence-corrected chi connectivity index (χ4v) is 7.30. The van der Waals surface area contributed by atoms with E-state index in [-0.39, 0.29) is 51.6 Å². The summed E-state index contributed by atoms with van der Waals surface area (Å²) in [4.78, 5) is 60.9. The van der Waals surface area contributed by atoms with Gasteiger partial charge in [-0.3, -0.25) is 19.6 Å². The predicted octanol–water partition coefficient (Wildman–Crippen LogP) is 17.7. The molecule has 13 nitrogen and oxygen atoms in total. The quantitative estimate of drug-likeness (QED) is 0.0195. The van der Waals surface area contributed by atoms with E-state index in [0.29, 0.717) is 22.3 Å². The number of aliphatic carboxylic acids is 2. The van der Waals surface area contributed by atoms with E-state index in [9.17, 15) is 19.2 Å². The van der Waals surface area contributed by atoms with Crippen molar-refractivity contribution in [3.8, 4) is 0 Å².